The highest BCUT2D eigenvalue weighted by atomic mass is 35.5. The summed E-state index contributed by atoms with van der Waals surface area (Å²) >= 11 is 7.24. The highest BCUT2D eigenvalue weighted by molar-refractivity contribution is 7.91. The molecule has 1 N–H and O–H groups in total. The fourth-order valence-corrected chi connectivity index (χ4v) is 8.08. The van der Waals surface area contributed by atoms with Crippen molar-refractivity contribution in [3.63, 3.8) is 0 Å². The van der Waals surface area contributed by atoms with Crippen molar-refractivity contribution in [3.05, 3.63) is 82.4 Å². The summed E-state index contributed by atoms with van der Waals surface area (Å²) in [6.45, 7) is 4.06. The lowest BCUT2D eigenvalue weighted by Gasteiger charge is -2.33. The Bertz CT molecular complexity index is 1310. The van der Waals surface area contributed by atoms with Crippen LogP contribution in [0.1, 0.15) is 34.8 Å². The van der Waals surface area contributed by atoms with Gasteiger partial charge in [-0.2, -0.15) is 4.31 Å². The molecule has 0 unspecified atom stereocenters. The molecule has 34 heavy (non-hydrogen) atoms. The molecule has 2 atom stereocenters. The molecule has 3 aromatic rings. The van der Waals surface area contributed by atoms with E-state index in [4.69, 9.17) is 11.6 Å². The molecular formula is C25H26ClN3O3S2. The molecular weight excluding hydrogens is 490 g/mol. The number of nitrogens with one attached hydrogen (secondary N) is 1. The van der Waals surface area contributed by atoms with Crippen molar-refractivity contribution in [1.29, 1.82) is 0 Å². The third kappa shape index (κ3) is 4.53. The lowest BCUT2D eigenvalue weighted by Crippen LogP contribution is -2.48. The largest absolute Gasteiger partial charge is 0.314 e. The Labute approximate surface area is 209 Å². The number of sulfonamides is 1. The molecule has 2 aliphatic heterocycles. The van der Waals surface area contributed by atoms with Crippen LogP contribution in [-0.2, 0) is 23.0 Å². The first kappa shape index (κ1) is 23.5. The molecule has 2 aliphatic rings. The number of carbonyl (C=O) groups is 1. The van der Waals surface area contributed by atoms with Crippen molar-refractivity contribution >= 4 is 43.9 Å². The number of hydrogen-bond acceptors (Lipinski definition) is 5. The lowest BCUT2D eigenvalue weighted by atomic mass is 10.1. The molecule has 3 heterocycles. The SMILES string of the molecule is CCc1cc(C(=O)Nc2ccc(S(=O)(=O)N3C[C@H]4C[C@@H]3CN4Cc3ccccc3)s2)ccc1Cl. The van der Waals surface area contributed by atoms with Crippen molar-refractivity contribution < 1.29 is 13.2 Å². The van der Waals surface area contributed by atoms with Gasteiger partial charge in [-0.1, -0.05) is 48.9 Å². The van der Waals surface area contributed by atoms with Gasteiger partial charge in [0.05, 0.1) is 5.00 Å². The summed E-state index contributed by atoms with van der Waals surface area (Å²) in [5, 5.41) is 3.96. The highest BCUT2D eigenvalue weighted by Gasteiger charge is 2.48. The number of fused-ring (bicyclic) bond motifs is 2. The molecule has 0 saturated carbocycles. The zero-order valence-corrected chi connectivity index (χ0v) is 21.2. The normalized spacial score (nSPS) is 20.6. The van der Waals surface area contributed by atoms with Gasteiger partial charge in [0.1, 0.15) is 4.21 Å². The van der Waals surface area contributed by atoms with E-state index in [1.54, 1.807) is 34.6 Å². The second-order valence-electron chi connectivity index (χ2n) is 8.77. The van der Waals surface area contributed by atoms with Crippen molar-refractivity contribution in [2.75, 3.05) is 18.4 Å². The van der Waals surface area contributed by atoms with Crippen LogP contribution < -0.4 is 5.32 Å². The topological polar surface area (TPSA) is 69.7 Å². The summed E-state index contributed by atoms with van der Waals surface area (Å²) in [6, 6.07) is 18.9. The maximum Gasteiger partial charge on any atom is 0.256 e. The number of thiophene rings is 1. The maximum absolute atomic E-state index is 13.4. The molecule has 0 aliphatic carbocycles. The van der Waals surface area contributed by atoms with Crippen LogP contribution in [0.2, 0.25) is 5.02 Å². The van der Waals surface area contributed by atoms with Crippen LogP contribution in [-0.4, -0.2) is 48.7 Å². The standard InChI is InChI=1S/C25H26ClN3O3S2/c1-2-18-12-19(8-9-22(18)26)25(30)27-23-10-11-24(33-23)34(31,32)29-16-20-13-21(29)15-28(20)14-17-6-4-3-5-7-17/h3-12,20-21H,2,13-16H2,1H3,(H,27,30)/t20-,21-/m1/s1. The van der Waals surface area contributed by atoms with E-state index in [2.05, 4.69) is 22.3 Å². The van der Waals surface area contributed by atoms with Crippen molar-refractivity contribution in [1.82, 2.24) is 9.21 Å². The summed E-state index contributed by atoms with van der Waals surface area (Å²) < 4.78 is 28.6. The zero-order valence-electron chi connectivity index (χ0n) is 18.8. The molecule has 0 spiro atoms. The van der Waals surface area contributed by atoms with Crippen LogP contribution in [0.3, 0.4) is 0 Å². The van der Waals surface area contributed by atoms with E-state index in [1.807, 2.05) is 25.1 Å². The van der Waals surface area contributed by atoms with E-state index in [1.165, 1.54) is 5.56 Å². The predicted molar refractivity (Wildman–Crippen MR) is 136 cm³/mol. The molecule has 0 radical (unpaired) electrons. The second-order valence-corrected chi connectivity index (χ2v) is 12.4. The van der Waals surface area contributed by atoms with Crippen LogP contribution in [0.5, 0.6) is 0 Å². The summed E-state index contributed by atoms with van der Waals surface area (Å²) in [5.74, 6) is -0.283. The highest BCUT2D eigenvalue weighted by Crippen LogP contribution is 2.38. The molecule has 1 aromatic heterocycles. The number of hydrogen-bond donors (Lipinski definition) is 1. The number of aryl methyl sites for hydroxylation is 1. The number of amides is 1. The average Bonchev–Trinajstić information content (AvgIpc) is 3.56. The molecule has 2 aromatic carbocycles. The molecule has 5 rings (SSSR count). The van der Waals surface area contributed by atoms with Crippen molar-refractivity contribution in [3.8, 4) is 0 Å². The van der Waals surface area contributed by atoms with Crippen molar-refractivity contribution in [2.24, 2.45) is 0 Å². The monoisotopic (exact) mass is 515 g/mol. The number of piperazine rings is 1. The van der Waals surface area contributed by atoms with Gasteiger partial charge in [0.15, 0.2) is 0 Å². The van der Waals surface area contributed by atoms with Crippen LogP contribution in [0.15, 0.2) is 64.9 Å². The van der Waals surface area contributed by atoms with E-state index in [0.717, 1.165) is 42.8 Å². The van der Waals surface area contributed by atoms with Crippen molar-refractivity contribution in [2.45, 2.75) is 42.6 Å². The first-order valence-electron chi connectivity index (χ1n) is 11.3. The van der Waals surface area contributed by atoms with Gasteiger partial charge < -0.3 is 5.32 Å². The van der Waals surface area contributed by atoms with Crippen LogP contribution >= 0.6 is 22.9 Å². The molecule has 9 heteroatoms. The Kier molecular flexibility index (Phi) is 6.52. The molecule has 2 fully saturated rings. The quantitative estimate of drug-likeness (QED) is 0.487. The second kappa shape index (κ2) is 9.43. The summed E-state index contributed by atoms with van der Waals surface area (Å²) in [4.78, 5) is 15.1. The van der Waals surface area contributed by atoms with Gasteiger partial charge >= 0.3 is 0 Å². The third-order valence-corrected chi connectivity index (χ3v) is 10.4. The van der Waals surface area contributed by atoms with Gasteiger partial charge in [-0.25, -0.2) is 8.42 Å². The van der Waals surface area contributed by atoms with E-state index in [-0.39, 0.29) is 22.2 Å². The zero-order chi connectivity index (χ0) is 23.9. The smallest absolute Gasteiger partial charge is 0.256 e. The third-order valence-electron chi connectivity index (χ3n) is 6.60. The first-order chi connectivity index (χ1) is 16.3. The molecule has 6 nitrogen and oxygen atoms in total. The van der Waals surface area contributed by atoms with E-state index in [9.17, 15) is 13.2 Å². The number of nitrogens with zero attached hydrogens (tertiary/aromatic N) is 2. The van der Waals surface area contributed by atoms with E-state index in [0.29, 0.717) is 22.1 Å². The number of carbonyl (C=O) groups excluding carboxylic acids is 1. The predicted octanol–water partition coefficient (Wildman–Crippen LogP) is 4.86. The molecule has 2 saturated heterocycles. The Morgan fingerprint density at radius 1 is 1.09 bits per heavy atom. The van der Waals surface area contributed by atoms with Gasteiger partial charge in [-0.3, -0.25) is 9.69 Å². The van der Waals surface area contributed by atoms with E-state index >= 15 is 0 Å². The number of anilines is 1. The summed E-state index contributed by atoms with van der Waals surface area (Å²) in [6.07, 6.45) is 1.58. The fraction of sp³-hybridized carbons (Fsp3) is 0.320. The minimum Gasteiger partial charge on any atom is -0.314 e. The Hall–Kier alpha value is -2.23. The Morgan fingerprint density at radius 2 is 1.88 bits per heavy atom. The summed E-state index contributed by atoms with van der Waals surface area (Å²) in [5.41, 5.74) is 2.64. The van der Waals surface area contributed by atoms with Crippen LogP contribution in [0.4, 0.5) is 5.00 Å². The van der Waals surface area contributed by atoms with Gasteiger partial charge in [-0.05, 0) is 54.3 Å². The number of rotatable bonds is 7. The number of benzene rings is 2. The molecule has 2 bridgehead atoms. The summed E-state index contributed by atoms with van der Waals surface area (Å²) in [7, 11) is -3.61. The van der Waals surface area contributed by atoms with Crippen LogP contribution in [0.25, 0.3) is 0 Å². The van der Waals surface area contributed by atoms with E-state index < -0.39 is 10.0 Å². The minimum atomic E-state index is -3.61. The molecule has 1 amide bonds. The van der Waals surface area contributed by atoms with Gasteiger partial charge in [0.25, 0.3) is 15.9 Å². The van der Waals surface area contributed by atoms with Gasteiger partial charge in [0.2, 0.25) is 0 Å². The fourth-order valence-electron chi connectivity index (χ4n) is 4.83. The molecule has 178 valence electrons. The Balaban J connectivity index is 1.25. The first-order valence-corrected chi connectivity index (χ1v) is 14.0. The van der Waals surface area contributed by atoms with Gasteiger partial charge in [-0.15, -0.1) is 11.3 Å². The average molecular weight is 516 g/mol. The van der Waals surface area contributed by atoms with Crippen LogP contribution in [0, 0.1) is 0 Å². The van der Waals surface area contributed by atoms with Gasteiger partial charge in [0, 0.05) is 42.3 Å². The number of halogens is 1. The number of likely N-dealkylation sites (tertiary alicyclic amines) is 1. The Morgan fingerprint density at radius 3 is 2.59 bits per heavy atom. The minimum absolute atomic E-state index is 0.0135. The maximum atomic E-state index is 13.4. The lowest BCUT2D eigenvalue weighted by molar-refractivity contribution is 0.102.